The largest absolute Gasteiger partial charge is 0.478 e. The van der Waals surface area contributed by atoms with Crippen molar-refractivity contribution in [1.29, 1.82) is 0 Å². The monoisotopic (exact) mass is 225 g/mol. The number of rotatable bonds is 3. The third-order valence-electron chi connectivity index (χ3n) is 2.35. The van der Waals surface area contributed by atoms with Crippen molar-refractivity contribution in [3.8, 4) is 0 Å². The number of thioether (sulfide) groups is 1. The Morgan fingerprint density at radius 3 is 2.73 bits per heavy atom. The number of carbonyl (C=O) groups is 1. The van der Waals surface area contributed by atoms with Gasteiger partial charge in [-0.1, -0.05) is 0 Å². The molecule has 2 heterocycles. The van der Waals surface area contributed by atoms with Crippen molar-refractivity contribution in [3.63, 3.8) is 0 Å². The molecule has 15 heavy (non-hydrogen) atoms. The zero-order chi connectivity index (χ0) is 10.8. The molecule has 2 rings (SSSR count). The number of nitrogens with zero attached hydrogens (tertiary/aromatic N) is 3. The summed E-state index contributed by atoms with van der Waals surface area (Å²) >= 11 is 1.39. The third-order valence-corrected chi connectivity index (χ3v) is 2.96. The fourth-order valence-corrected chi connectivity index (χ4v) is 1.74. The van der Waals surface area contributed by atoms with E-state index in [1.54, 1.807) is 6.07 Å². The average molecular weight is 225 g/mol. The van der Waals surface area contributed by atoms with Crippen LogP contribution in [0, 0.1) is 0 Å². The Kier molecular flexibility index (Phi) is 2.77. The number of carboxylic acids is 1. The molecule has 80 valence electrons. The summed E-state index contributed by atoms with van der Waals surface area (Å²) in [5, 5.41) is 17.6. The van der Waals surface area contributed by atoms with Gasteiger partial charge in [0.05, 0.1) is 0 Å². The lowest BCUT2D eigenvalue weighted by Gasteiger charge is -2.32. The van der Waals surface area contributed by atoms with Crippen LogP contribution in [-0.2, 0) is 0 Å². The van der Waals surface area contributed by atoms with Gasteiger partial charge in [0.15, 0.2) is 5.82 Å². The number of aromatic carboxylic acids is 1. The van der Waals surface area contributed by atoms with Gasteiger partial charge in [-0.05, 0) is 18.7 Å². The molecule has 0 bridgehead atoms. The van der Waals surface area contributed by atoms with Crippen LogP contribution in [0.3, 0.4) is 0 Å². The molecule has 0 atom stereocenters. The minimum atomic E-state index is -0.942. The van der Waals surface area contributed by atoms with E-state index in [2.05, 4.69) is 10.2 Å². The van der Waals surface area contributed by atoms with Crippen molar-refractivity contribution in [3.05, 3.63) is 11.6 Å². The maximum atomic E-state index is 11.0. The Labute approximate surface area is 91.5 Å². The van der Waals surface area contributed by atoms with Gasteiger partial charge in [-0.25, -0.2) is 4.79 Å². The Balaban J connectivity index is 2.39. The summed E-state index contributed by atoms with van der Waals surface area (Å²) in [4.78, 5) is 13.0. The molecule has 1 aliphatic heterocycles. The van der Waals surface area contributed by atoms with Gasteiger partial charge in [0.1, 0.15) is 10.6 Å². The van der Waals surface area contributed by atoms with Gasteiger partial charge in [-0.3, -0.25) is 0 Å². The highest BCUT2D eigenvalue weighted by atomic mass is 32.2. The number of aromatic nitrogens is 2. The third kappa shape index (κ3) is 1.90. The highest BCUT2D eigenvalue weighted by molar-refractivity contribution is 7.98. The number of carboxylic acid groups (broad SMARTS) is 1. The average Bonchev–Trinajstić information content (AvgIpc) is 2.15. The SMILES string of the molecule is CSc1cc(C(=O)O)c(N2CCC2)nn1. The van der Waals surface area contributed by atoms with E-state index < -0.39 is 5.97 Å². The number of hydrogen-bond acceptors (Lipinski definition) is 5. The second kappa shape index (κ2) is 4.06. The molecule has 0 saturated carbocycles. The van der Waals surface area contributed by atoms with Crippen LogP contribution >= 0.6 is 11.8 Å². The summed E-state index contributed by atoms with van der Waals surface area (Å²) in [5.74, 6) is -0.450. The van der Waals surface area contributed by atoms with Crippen LogP contribution in [0.15, 0.2) is 11.1 Å². The Bertz CT molecular complexity index is 393. The van der Waals surface area contributed by atoms with Crippen LogP contribution in [0.25, 0.3) is 0 Å². The van der Waals surface area contributed by atoms with E-state index in [0.717, 1.165) is 19.5 Å². The van der Waals surface area contributed by atoms with E-state index in [-0.39, 0.29) is 5.56 Å². The fraction of sp³-hybridized carbons (Fsp3) is 0.444. The first-order chi connectivity index (χ1) is 7.22. The Hall–Kier alpha value is -1.30. The number of anilines is 1. The van der Waals surface area contributed by atoms with Gasteiger partial charge < -0.3 is 10.0 Å². The molecule has 1 fully saturated rings. The molecule has 1 saturated heterocycles. The quantitative estimate of drug-likeness (QED) is 0.777. The van der Waals surface area contributed by atoms with Gasteiger partial charge >= 0.3 is 5.97 Å². The molecule has 0 amide bonds. The highest BCUT2D eigenvalue weighted by Gasteiger charge is 2.23. The topological polar surface area (TPSA) is 66.3 Å². The van der Waals surface area contributed by atoms with Crippen molar-refractivity contribution in [2.75, 3.05) is 24.2 Å². The van der Waals surface area contributed by atoms with Crippen molar-refractivity contribution in [2.45, 2.75) is 11.4 Å². The fourth-order valence-electron chi connectivity index (χ4n) is 1.39. The predicted molar refractivity (Wildman–Crippen MR) is 57.6 cm³/mol. The molecule has 1 aromatic heterocycles. The second-order valence-electron chi connectivity index (χ2n) is 3.27. The first kappa shape index (κ1) is 10.2. The van der Waals surface area contributed by atoms with Crippen molar-refractivity contribution < 1.29 is 9.90 Å². The number of hydrogen-bond donors (Lipinski definition) is 1. The van der Waals surface area contributed by atoms with Crippen molar-refractivity contribution in [1.82, 2.24) is 10.2 Å². The van der Waals surface area contributed by atoms with Crippen LogP contribution in [0.4, 0.5) is 5.82 Å². The first-order valence-corrected chi connectivity index (χ1v) is 5.85. The molecule has 1 aromatic rings. The van der Waals surface area contributed by atoms with E-state index >= 15 is 0 Å². The van der Waals surface area contributed by atoms with E-state index in [1.165, 1.54) is 11.8 Å². The molecule has 0 radical (unpaired) electrons. The summed E-state index contributed by atoms with van der Waals surface area (Å²) in [7, 11) is 0. The summed E-state index contributed by atoms with van der Waals surface area (Å²) in [6.07, 6.45) is 2.93. The molecule has 1 N–H and O–H groups in total. The van der Waals surface area contributed by atoms with Crippen LogP contribution in [-0.4, -0.2) is 40.6 Å². The van der Waals surface area contributed by atoms with Crippen molar-refractivity contribution >= 4 is 23.5 Å². The van der Waals surface area contributed by atoms with E-state index in [1.807, 2.05) is 11.2 Å². The first-order valence-electron chi connectivity index (χ1n) is 4.62. The predicted octanol–water partition coefficient (Wildman–Crippen LogP) is 1.11. The molecular weight excluding hydrogens is 214 g/mol. The lowest BCUT2D eigenvalue weighted by atomic mass is 10.2. The van der Waals surface area contributed by atoms with Gasteiger partial charge in [-0.15, -0.1) is 22.0 Å². The van der Waals surface area contributed by atoms with E-state index in [9.17, 15) is 4.79 Å². The summed E-state index contributed by atoms with van der Waals surface area (Å²) in [5.41, 5.74) is 0.244. The van der Waals surface area contributed by atoms with Crippen LogP contribution < -0.4 is 4.90 Å². The Morgan fingerprint density at radius 2 is 2.27 bits per heavy atom. The highest BCUT2D eigenvalue weighted by Crippen LogP contribution is 2.24. The van der Waals surface area contributed by atoms with Gasteiger partial charge in [0.25, 0.3) is 0 Å². The standard InChI is InChI=1S/C9H11N3O2S/c1-15-7-5-6(9(13)14)8(11-10-7)12-3-2-4-12/h5H,2-4H2,1H3,(H,13,14). The summed E-state index contributed by atoms with van der Waals surface area (Å²) < 4.78 is 0. The molecule has 5 nitrogen and oxygen atoms in total. The normalized spacial score (nSPS) is 14.9. The molecule has 0 spiro atoms. The molecule has 0 aliphatic carbocycles. The minimum Gasteiger partial charge on any atom is -0.478 e. The van der Waals surface area contributed by atoms with Gasteiger partial charge in [-0.2, -0.15) is 0 Å². The minimum absolute atomic E-state index is 0.244. The zero-order valence-corrected chi connectivity index (χ0v) is 9.12. The van der Waals surface area contributed by atoms with Crippen LogP contribution in [0.1, 0.15) is 16.8 Å². The van der Waals surface area contributed by atoms with Gasteiger partial charge in [0.2, 0.25) is 0 Å². The lowest BCUT2D eigenvalue weighted by molar-refractivity contribution is 0.0696. The zero-order valence-electron chi connectivity index (χ0n) is 8.30. The second-order valence-corrected chi connectivity index (χ2v) is 4.10. The van der Waals surface area contributed by atoms with E-state index in [0.29, 0.717) is 10.8 Å². The summed E-state index contributed by atoms with van der Waals surface area (Å²) in [6, 6.07) is 1.58. The van der Waals surface area contributed by atoms with Crippen LogP contribution in [0.5, 0.6) is 0 Å². The maximum absolute atomic E-state index is 11.0. The van der Waals surface area contributed by atoms with Crippen molar-refractivity contribution in [2.24, 2.45) is 0 Å². The molecule has 0 unspecified atom stereocenters. The van der Waals surface area contributed by atoms with E-state index in [4.69, 9.17) is 5.11 Å². The molecule has 6 heteroatoms. The van der Waals surface area contributed by atoms with Crippen LogP contribution in [0.2, 0.25) is 0 Å². The summed E-state index contributed by atoms with van der Waals surface area (Å²) in [6.45, 7) is 1.74. The molecule has 1 aliphatic rings. The Morgan fingerprint density at radius 1 is 1.53 bits per heavy atom. The smallest absolute Gasteiger partial charge is 0.339 e. The molecular formula is C9H11N3O2S. The lowest BCUT2D eigenvalue weighted by Crippen LogP contribution is -2.39. The van der Waals surface area contributed by atoms with Gasteiger partial charge in [0, 0.05) is 13.1 Å². The molecule has 0 aromatic carbocycles. The maximum Gasteiger partial charge on any atom is 0.339 e.